The zero-order chi connectivity index (χ0) is 21.8. The van der Waals surface area contributed by atoms with Crippen LogP contribution < -0.4 is 14.8 Å². The zero-order valence-electron chi connectivity index (χ0n) is 18.8. The van der Waals surface area contributed by atoms with E-state index in [1.54, 1.807) is 0 Å². The Hall–Kier alpha value is -2.83. The Balaban J connectivity index is 1.38. The molecule has 1 aromatic heterocycles. The van der Waals surface area contributed by atoms with E-state index in [4.69, 9.17) is 14.6 Å². The van der Waals surface area contributed by atoms with Gasteiger partial charge in [-0.25, -0.2) is 4.68 Å². The second-order valence-electron chi connectivity index (χ2n) is 8.64. The minimum atomic E-state index is 0.552. The summed E-state index contributed by atoms with van der Waals surface area (Å²) in [7, 11) is 0. The quantitative estimate of drug-likeness (QED) is 0.604. The molecule has 5 rings (SSSR count). The molecule has 1 N–H and O–H groups in total. The van der Waals surface area contributed by atoms with Gasteiger partial charge in [-0.05, 0) is 69.2 Å². The first-order chi connectivity index (χ1) is 15.8. The Morgan fingerprint density at radius 3 is 2.56 bits per heavy atom. The molecule has 0 aliphatic carbocycles. The van der Waals surface area contributed by atoms with E-state index < -0.39 is 0 Å². The SMILES string of the molecule is CCCN1CCC(NCc2cn(-c3ccccc3)nc2-c2ccc3c(c2)OCCO3)CC1. The minimum absolute atomic E-state index is 0.552. The molecular formula is C26H32N4O2. The third-order valence-electron chi connectivity index (χ3n) is 6.33. The number of hydrogen-bond donors (Lipinski definition) is 1. The molecule has 2 aliphatic rings. The second kappa shape index (κ2) is 9.76. The van der Waals surface area contributed by atoms with Gasteiger partial charge in [-0.1, -0.05) is 25.1 Å². The lowest BCUT2D eigenvalue weighted by molar-refractivity contribution is 0.171. The molecule has 1 fully saturated rings. The maximum atomic E-state index is 5.82. The van der Waals surface area contributed by atoms with E-state index in [1.807, 2.05) is 28.9 Å². The van der Waals surface area contributed by atoms with Gasteiger partial charge in [0.15, 0.2) is 11.5 Å². The third kappa shape index (κ3) is 4.66. The number of para-hydroxylation sites is 1. The summed E-state index contributed by atoms with van der Waals surface area (Å²) in [6.07, 6.45) is 5.79. The number of piperidine rings is 1. The van der Waals surface area contributed by atoms with Crippen LogP contribution in [0.2, 0.25) is 0 Å². The highest BCUT2D eigenvalue weighted by Crippen LogP contribution is 2.35. The van der Waals surface area contributed by atoms with Crippen LogP contribution in [0.25, 0.3) is 16.9 Å². The molecule has 2 aliphatic heterocycles. The van der Waals surface area contributed by atoms with Crippen molar-refractivity contribution in [3.8, 4) is 28.4 Å². The molecule has 1 saturated heterocycles. The van der Waals surface area contributed by atoms with E-state index in [-0.39, 0.29) is 0 Å². The molecule has 2 aromatic carbocycles. The van der Waals surface area contributed by atoms with Gasteiger partial charge in [-0.15, -0.1) is 0 Å². The van der Waals surface area contributed by atoms with Crippen LogP contribution in [-0.4, -0.2) is 53.6 Å². The number of aromatic nitrogens is 2. The van der Waals surface area contributed by atoms with Gasteiger partial charge in [0.25, 0.3) is 0 Å². The van der Waals surface area contributed by atoms with Gasteiger partial charge < -0.3 is 19.7 Å². The summed E-state index contributed by atoms with van der Waals surface area (Å²) in [6.45, 7) is 7.82. The molecular weight excluding hydrogens is 400 g/mol. The van der Waals surface area contributed by atoms with Gasteiger partial charge >= 0.3 is 0 Å². The maximum absolute atomic E-state index is 5.82. The molecule has 0 amide bonds. The molecule has 3 aromatic rings. The average molecular weight is 433 g/mol. The molecule has 0 radical (unpaired) electrons. The zero-order valence-corrected chi connectivity index (χ0v) is 18.8. The highest BCUT2D eigenvalue weighted by molar-refractivity contribution is 5.67. The molecule has 0 bridgehead atoms. The highest BCUT2D eigenvalue weighted by Gasteiger charge is 2.21. The average Bonchev–Trinajstić information content (AvgIpc) is 3.28. The van der Waals surface area contributed by atoms with Crippen LogP contribution in [0.5, 0.6) is 11.5 Å². The Morgan fingerprint density at radius 2 is 1.78 bits per heavy atom. The summed E-state index contributed by atoms with van der Waals surface area (Å²) >= 11 is 0. The smallest absolute Gasteiger partial charge is 0.162 e. The lowest BCUT2D eigenvalue weighted by atomic mass is 10.0. The predicted octanol–water partition coefficient (Wildman–Crippen LogP) is 4.27. The van der Waals surface area contributed by atoms with Crippen LogP contribution in [0.3, 0.4) is 0 Å². The van der Waals surface area contributed by atoms with Gasteiger partial charge in [-0.2, -0.15) is 5.10 Å². The topological polar surface area (TPSA) is 51.6 Å². The summed E-state index contributed by atoms with van der Waals surface area (Å²) in [6, 6.07) is 17.0. The van der Waals surface area contributed by atoms with E-state index >= 15 is 0 Å². The summed E-state index contributed by atoms with van der Waals surface area (Å²) in [5, 5.41) is 8.77. The maximum Gasteiger partial charge on any atom is 0.162 e. The van der Waals surface area contributed by atoms with E-state index in [2.05, 4.69) is 47.6 Å². The number of likely N-dealkylation sites (tertiary alicyclic amines) is 1. The number of ether oxygens (including phenoxy) is 2. The molecule has 0 spiro atoms. The van der Waals surface area contributed by atoms with Crippen molar-refractivity contribution in [3.63, 3.8) is 0 Å². The Bertz CT molecular complexity index is 1030. The van der Waals surface area contributed by atoms with Crippen LogP contribution in [0.4, 0.5) is 0 Å². The van der Waals surface area contributed by atoms with Crippen LogP contribution in [0.1, 0.15) is 31.7 Å². The minimum Gasteiger partial charge on any atom is -0.486 e. The number of nitrogens with one attached hydrogen (secondary N) is 1. The van der Waals surface area contributed by atoms with Crippen molar-refractivity contribution < 1.29 is 9.47 Å². The van der Waals surface area contributed by atoms with Crippen LogP contribution in [0, 0.1) is 0 Å². The summed E-state index contributed by atoms with van der Waals surface area (Å²) in [5.74, 6) is 1.60. The number of hydrogen-bond acceptors (Lipinski definition) is 5. The fourth-order valence-corrected chi connectivity index (χ4v) is 4.62. The fourth-order valence-electron chi connectivity index (χ4n) is 4.62. The second-order valence-corrected chi connectivity index (χ2v) is 8.64. The first-order valence-electron chi connectivity index (χ1n) is 11.8. The monoisotopic (exact) mass is 432 g/mol. The first kappa shape index (κ1) is 21.0. The van der Waals surface area contributed by atoms with Crippen molar-refractivity contribution in [2.24, 2.45) is 0 Å². The fraction of sp³-hybridized carbons (Fsp3) is 0.423. The third-order valence-corrected chi connectivity index (χ3v) is 6.33. The molecule has 6 heteroatoms. The molecule has 0 atom stereocenters. The van der Waals surface area contributed by atoms with Crippen molar-refractivity contribution in [2.45, 2.75) is 38.8 Å². The van der Waals surface area contributed by atoms with Gasteiger partial charge in [-0.3, -0.25) is 0 Å². The largest absolute Gasteiger partial charge is 0.486 e. The Kier molecular flexibility index (Phi) is 6.41. The summed E-state index contributed by atoms with van der Waals surface area (Å²) in [5.41, 5.74) is 4.30. The summed E-state index contributed by atoms with van der Waals surface area (Å²) < 4.78 is 13.5. The van der Waals surface area contributed by atoms with E-state index in [0.29, 0.717) is 19.3 Å². The lowest BCUT2D eigenvalue weighted by Gasteiger charge is -2.32. The Morgan fingerprint density at radius 1 is 1.00 bits per heavy atom. The van der Waals surface area contributed by atoms with Gasteiger partial charge in [0.2, 0.25) is 0 Å². The van der Waals surface area contributed by atoms with Crippen molar-refractivity contribution >= 4 is 0 Å². The summed E-state index contributed by atoms with van der Waals surface area (Å²) in [4.78, 5) is 2.58. The first-order valence-corrected chi connectivity index (χ1v) is 11.8. The van der Waals surface area contributed by atoms with Gasteiger partial charge in [0.1, 0.15) is 13.2 Å². The van der Waals surface area contributed by atoms with Gasteiger partial charge in [0.05, 0.1) is 11.4 Å². The molecule has 6 nitrogen and oxygen atoms in total. The van der Waals surface area contributed by atoms with E-state index in [9.17, 15) is 0 Å². The van der Waals surface area contributed by atoms with Crippen molar-refractivity contribution in [2.75, 3.05) is 32.8 Å². The number of benzene rings is 2. The van der Waals surface area contributed by atoms with Crippen LogP contribution in [-0.2, 0) is 6.54 Å². The van der Waals surface area contributed by atoms with Crippen molar-refractivity contribution in [1.29, 1.82) is 0 Å². The van der Waals surface area contributed by atoms with E-state index in [1.165, 1.54) is 44.5 Å². The normalized spacial score (nSPS) is 16.9. The Labute approximate surface area is 190 Å². The molecule has 3 heterocycles. The number of rotatable bonds is 7. The van der Waals surface area contributed by atoms with Crippen molar-refractivity contribution in [3.05, 3.63) is 60.3 Å². The van der Waals surface area contributed by atoms with Gasteiger partial charge in [0, 0.05) is 29.9 Å². The molecule has 0 unspecified atom stereocenters. The van der Waals surface area contributed by atoms with Crippen LogP contribution >= 0.6 is 0 Å². The molecule has 0 saturated carbocycles. The van der Waals surface area contributed by atoms with Crippen molar-refractivity contribution in [1.82, 2.24) is 20.0 Å². The molecule has 168 valence electrons. The highest BCUT2D eigenvalue weighted by atomic mass is 16.6. The standard InChI is InChI=1S/C26H32N4O2/c1-2-12-29-13-10-22(11-14-29)27-18-21-19-30(23-6-4-3-5-7-23)28-26(21)20-8-9-24-25(17-20)32-16-15-31-24/h3-9,17,19,22,27H,2,10-16,18H2,1H3. The van der Waals surface area contributed by atoms with Crippen LogP contribution in [0.15, 0.2) is 54.7 Å². The number of nitrogens with zero attached hydrogens (tertiary/aromatic N) is 3. The lowest BCUT2D eigenvalue weighted by Crippen LogP contribution is -2.42. The molecule has 32 heavy (non-hydrogen) atoms. The van der Waals surface area contributed by atoms with E-state index in [0.717, 1.165) is 35.0 Å². The predicted molar refractivity (Wildman–Crippen MR) is 127 cm³/mol. The number of fused-ring (bicyclic) bond motifs is 1.